The summed E-state index contributed by atoms with van der Waals surface area (Å²) in [6, 6.07) is 4.19. The molecule has 0 saturated heterocycles. The fourth-order valence-electron chi connectivity index (χ4n) is 1.25. The van der Waals surface area contributed by atoms with Crippen LogP contribution in [-0.4, -0.2) is 0 Å². The van der Waals surface area contributed by atoms with E-state index < -0.39 is 0 Å². The zero-order chi connectivity index (χ0) is 11.3. The van der Waals surface area contributed by atoms with Crippen molar-refractivity contribution in [2.75, 3.05) is 0 Å². The SMILES string of the molecule is CC#CCC(NN)c1ccc(Cl)cc1F. The van der Waals surface area contributed by atoms with Crippen molar-refractivity contribution in [1.82, 2.24) is 5.43 Å². The van der Waals surface area contributed by atoms with Gasteiger partial charge in [0, 0.05) is 17.0 Å². The van der Waals surface area contributed by atoms with Gasteiger partial charge >= 0.3 is 0 Å². The molecule has 3 N–H and O–H groups in total. The van der Waals surface area contributed by atoms with Crippen molar-refractivity contribution >= 4 is 11.6 Å². The molecular formula is C11H12ClFN2. The fraction of sp³-hybridized carbons (Fsp3) is 0.273. The zero-order valence-electron chi connectivity index (χ0n) is 8.35. The highest BCUT2D eigenvalue weighted by molar-refractivity contribution is 6.30. The van der Waals surface area contributed by atoms with E-state index in [9.17, 15) is 4.39 Å². The second-order valence-electron chi connectivity index (χ2n) is 3.02. The third kappa shape index (κ3) is 3.21. The molecule has 1 aromatic rings. The summed E-state index contributed by atoms with van der Waals surface area (Å²) in [5.74, 6) is 10.5. The quantitative estimate of drug-likeness (QED) is 0.472. The minimum atomic E-state index is -0.372. The molecule has 4 heteroatoms. The number of nitrogens with one attached hydrogen (secondary N) is 1. The fourth-order valence-corrected chi connectivity index (χ4v) is 1.41. The van der Waals surface area contributed by atoms with Crippen LogP contribution in [0.3, 0.4) is 0 Å². The minimum absolute atomic E-state index is 0.310. The maximum absolute atomic E-state index is 13.5. The van der Waals surface area contributed by atoms with E-state index in [0.29, 0.717) is 17.0 Å². The molecule has 1 rings (SSSR count). The molecule has 0 aliphatic heterocycles. The van der Waals surface area contributed by atoms with Crippen LogP contribution in [0.2, 0.25) is 5.02 Å². The Hall–Kier alpha value is -1.08. The molecule has 1 unspecified atom stereocenters. The van der Waals surface area contributed by atoms with Crippen LogP contribution in [0.25, 0.3) is 0 Å². The van der Waals surface area contributed by atoms with Gasteiger partial charge in [-0.25, -0.2) is 4.39 Å². The molecule has 0 aliphatic rings. The molecule has 0 aromatic heterocycles. The molecule has 15 heavy (non-hydrogen) atoms. The van der Waals surface area contributed by atoms with Crippen LogP contribution in [0, 0.1) is 17.7 Å². The number of nitrogens with two attached hydrogens (primary N) is 1. The number of hydrogen-bond donors (Lipinski definition) is 2. The van der Waals surface area contributed by atoms with Gasteiger partial charge in [0.15, 0.2) is 0 Å². The second kappa shape index (κ2) is 5.72. The normalized spacial score (nSPS) is 11.7. The lowest BCUT2D eigenvalue weighted by Gasteiger charge is -2.14. The third-order valence-electron chi connectivity index (χ3n) is 2.02. The van der Waals surface area contributed by atoms with Gasteiger partial charge in [-0.2, -0.15) is 0 Å². The number of benzene rings is 1. The summed E-state index contributed by atoms with van der Waals surface area (Å²) in [5.41, 5.74) is 3.00. The lowest BCUT2D eigenvalue weighted by molar-refractivity contribution is 0.521. The molecule has 0 saturated carbocycles. The van der Waals surface area contributed by atoms with Crippen LogP contribution in [-0.2, 0) is 0 Å². The van der Waals surface area contributed by atoms with Gasteiger partial charge in [0.05, 0.1) is 6.04 Å². The lowest BCUT2D eigenvalue weighted by Crippen LogP contribution is -2.28. The molecule has 0 aliphatic carbocycles. The van der Waals surface area contributed by atoms with Crippen LogP contribution in [0.4, 0.5) is 4.39 Å². The zero-order valence-corrected chi connectivity index (χ0v) is 9.11. The molecule has 1 atom stereocenters. The van der Waals surface area contributed by atoms with E-state index in [2.05, 4.69) is 17.3 Å². The van der Waals surface area contributed by atoms with Crippen molar-refractivity contribution in [3.05, 3.63) is 34.6 Å². The molecule has 0 spiro atoms. The molecule has 0 bridgehead atoms. The standard InChI is InChI=1S/C11H12ClFN2/c1-2-3-4-11(15-14)9-6-5-8(12)7-10(9)13/h5-7,11,15H,4,14H2,1H3. The van der Waals surface area contributed by atoms with Crippen LogP contribution >= 0.6 is 11.6 Å². The lowest BCUT2D eigenvalue weighted by atomic mass is 10.0. The summed E-state index contributed by atoms with van der Waals surface area (Å²) in [6.07, 6.45) is 0.464. The Bertz CT molecular complexity index is 395. The first-order chi connectivity index (χ1) is 7.19. The van der Waals surface area contributed by atoms with E-state index >= 15 is 0 Å². The average molecular weight is 227 g/mol. The van der Waals surface area contributed by atoms with Gasteiger partial charge in [-0.05, 0) is 19.1 Å². The second-order valence-corrected chi connectivity index (χ2v) is 3.45. The van der Waals surface area contributed by atoms with E-state index in [4.69, 9.17) is 17.4 Å². The van der Waals surface area contributed by atoms with Crippen LogP contribution < -0.4 is 11.3 Å². The van der Waals surface area contributed by atoms with Gasteiger partial charge < -0.3 is 0 Å². The van der Waals surface area contributed by atoms with Crippen molar-refractivity contribution in [3.8, 4) is 11.8 Å². The smallest absolute Gasteiger partial charge is 0.129 e. The average Bonchev–Trinajstić information content (AvgIpc) is 2.21. The summed E-state index contributed by atoms with van der Waals surface area (Å²) >= 11 is 5.65. The molecule has 1 aromatic carbocycles. The van der Waals surface area contributed by atoms with Gasteiger partial charge in [-0.1, -0.05) is 17.7 Å². The predicted molar refractivity (Wildman–Crippen MR) is 59.5 cm³/mol. The van der Waals surface area contributed by atoms with Gasteiger partial charge in [0.2, 0.25) is 0 Å². The summed E-state index contributed by atoms with van der Waals surface area (Å²) in [6.45, 7) is 1.73. The van der Waals surface area contributed by atoms with E-state index in [0.717, 1.165) is 0 Å². The summed E-state index contributed by atoms with van der Waals surface area (Å²) in [7, 11) is 0. The summed E-state index contributed by atoms with van der Waals surface area (Å²) in [5, 5.41) is 0.369. The van der Waals surface area contributed by atoms with Crippen molar-refractivity contribution in [3.63, 3.8) is 0 Å². The van der Waals surface area contributed by atoms with Crippen molar-refractivity contribution in [2.45, 2.75) is 19.4 Å². The molecule has 0 fully saturated rings. The van der Waals surface area contributed by atoms with Gasteiger partial charge in [-0.15, -0.1) is 11.8 Å². The predicted octanol–water partition coefficient (Wildman–Crippen LogP) is 2.40. The van der Waals surface area contributed by atoms with Crippen molar-refractivity contribution < 1.29 is 4.39 Å². The van der Waals surface area contributed by atoms with Gasteiger partial charge in [0.25, 0.3) is 0 Å². The molecule has 2 nitrogen and oxygen atoms in total. The number of rotatable bonds is 3. The number of halogens is 2. The minimum Gasteiger partial charge on any atom is -0.271 e. The maximum Gasteiger partial charge on any atom is 0.129 e. The first-order valence-electron chi connectivity index (χ1n) is 4.49. The highest BCUT2D eigenvalue weighted by Crippen LogP contribution is 2.22. The van der Waals surface area contributed by atoms with Crippen molar-refractivity contribution in [1.29, 1.82) is 0 Å². The summed E-state index contributed by atoms with van der Waals surface area (Å²) in [4.78, 5) is 0. The Balaban J connectivity index is 2.94. The molecular weight excluding hydrogens is 215 g/mol. The summed E-state index contributed by atoms with van der Waals surface area (Å²) < 4.78 is 13.5. The van der Waals surface area contributed by atoms with Crippen molar-refractivity contribution in [2.24, 2.45) is 5.84 Å². The van der Waals surface area contributed by atoms with E-state index in [1.54, 1.807) is 19.1 Å². The van der Waals surface area contributed by atoms with Gasteiger partial charge in [0.1, 0.15) is 5.82 Å². The van der Waals surface area contributed by atoms with Crippen LogP contribution in [0.15, 0.2) is 18.2 Å². The Kier molecular flexibility index (Phi) is 4.57. The molecule has 80 valence electrons. The van der Waals surface area contributed by atoms with Crippen LogP contribution in [0.1, 0.15) is 24.9 Å². The maximum atomic E-state index is 13.5. The molecule has 0 heterocycles. The Labute approximate surface area is 93.6 Å². The first kappa shape index (κ1) is 12.0. The highest BCUT2D eigenvalue weighted by atomic mass is 35.5. The first-order valence-corrected chi connectivity index (χ1v) is 4.87. The monoisotopic (exact) mass is 226 g/mol. The highest BCUT2D eigenvalue weighted by Gasteiger charge is 2.13. The van der Waals surface area contributed by atoms with E-state index in [-0.39, 0.29) is 11.9 Å². The topological polar surface area (TPSA) is 38.0 Å². The Morgan fingerprint density at radius 3 is 2.87 bits per heavy atom. The molecule has 0 amide bonds. The third-order valence-corrected chi connectivity index (χ3v) is 2.26. The van der Waals surface area contributed by atoms with Gasteiger partial charge in [-0.3, -0.25) is 11.3 Å². The Morgan fingerprint density at radius 1 is 1.60 bits per heavy atom. The number of hydrazine groups is 1. The largest absolute Gasteiger partial charge is 0.271 e. The van der Waals surface area contributed by atoms with E-state index in [1.807, 2.05) is 0 Å². The van der Waals surface area contributed by atoms with Crippen LogP contribution in [0.5, 0.6) is 0 Å². The number of hydrogen-bond acceptors (Lipinski definition) is 2. The van der Waals surface area contributed by atoms with E-state index in [1.165, 1.54) is 6.07 Å². The Morgan fingerprint density at radius 2 is 2.33 bits per heavy atom. The molecule has 0 radical (unpaired) electrons.